The van der Waals surface area contributed by atoms with E-state index in [4.69, 9.17) is 13.9 Å². The smallest absolute Gasteiger partial charge is 0.297 e. The molecule has 0 N–H and O–H groups in total. The number of fused-ring (bicyclic) bond motifs is 7. The number of anilines is 6. The summed E-state index contributed by atoms with van der Waals surface area (Å²) in [6.07, 6.45) is 0. The van der Waals surface area contributed by atoms with Crippen LogP contribution in [0.2, 0.25) is 0 Å². The Morgan fingerprint density at radius 3 is 1.77 bits per heavy atom. The fourth-order valence-electron chi connectivity index (χ4n) is 9.70. The highest BCUT2D eigenvalue weighted by atomic mass is 16.6. The molecule has 0 atom stereocenters. The van der Waals surface area contributed by atoms with Gasteiger partial charge < -0.3 is 23.7 Å². The largest absolute Gasteiger partial charge is 0.486 e. The van der Waals surface area contributed by atoms with E-state index in [1.54, 1.807) is 0 Å². The third-order valence-corrected chi connectivity index (χ3v) is 12.9. The van der Waals surface area contributed by atoms with E-state index < -0.39 is 0 Å². The van der Waals surface area contributed by atoms with Gasteiger partial charge in [0.25, 0.3) is 6.71 Å². The predicted molar refractivity (Wildman–Crippen MR) is 252 cm³/mol. The molecule has 0 unspecified atom stereocenters. The van der Waals surface area contributed by atoms with Crippen LogP contribution in [0.4, 0.5) is 34.1 Å². The molecule has 302 valence electrons. The molecule has 0 saturated heterocycles. The van der Waals surface area contributed by atoms with Gasteiger partial charge >= 0.3 is 0 Å². The van der Waals surface area contributed by atoms with Crippen molar-refractivity contribution in [2.75, 3.05) is 23.0 Å². The molecule has 0 radical (unpaired) electrons. The lowest BCUT2D eigenvalue weighted by atomic mass is 9.35. The van der Waals surface area contributed by atoms with Gasteiger partial charge in [0.2, 0.25) is 0 Å². The number of rotatable bonds is 3. The van der Waals surface area contributed by atoms with Crippen LogP contribution in [-0.4, -0.2) is 19.9 Å². The third kappa shape index (κ3) is 5.97. The number of benzene rings is 6. The summed E-state index contributed by atoms with van der Waals surface area (Å²) in [5.74, 6) is 1.53. The second kappa shape index (κ2) is 13.3. The average Bonchev–Trinajstić information content (AvgIpc) is 3.58. The van der Waals surface area contributed by atoms with Gasteiger partial charge in [0.15, 0.2) is 11.5 Å². The topological polar surface area (TPSA) is 38.1 Å². The van der Waals surface area contributed by atoms with E-state index in [1.807, 2.05) is 0 Å². The zero-order valence-electron chi connectivity index (χ0n) is 37.0. The molecule has 0 aliphatic carbocycles. The van der Waals surface area contributed by atoms with E-state index in [-0.39, 0.29) is 23.0 Å². The Labute approximate surface area is 356 Å². The lowest BCUT2D eigenvalue weighted by molar-refractivity contribution is 0.172. The summed E-state index contributed by atoms with van der Waals surface area (Å²) in [6, 6.07) is 40.7. The molecular formula is C54H55BN2O3. The van der Waals surface area contributed by atoms with Gasteiger partial charge in [-0.25, -0.2) is 0 Å². The van der Waals surface area contributed by atoms with Crippen LogP contribution >= 0.6 is 0 Å². The van der Waals surface area contributed by atoms with Crippen LogP contribution in [0.25, 0.3) is 22.1 Å². The first-order valence-electron chi connectivity index (χ1n) is 21.5. The molecular weight excluding hydrogens is 735 g/mol. The number of nitrogens with zero attached hydrogens (tertiary/aromatic N) is 2. The number of aryl methyl sites for hydroxylation is 2. The van der Waals surface area contributed by atoms with Crippen LogP contribution in [0.1, 0.15) is 90.1 Å². The fourth-order valence-corrected chi connectivity index (χ4v) is 9.70. The van der Waals surface area contributed by atoms with Crippen molar-refractivity contribution in [2.45, 2.75) is 92.4 Å². The van der Waals surface area contributed by atoms with Gasteiger partial charge in [0.1, 0.15) is 18.8 Å². The minimum Gasteiger partial charge on any atom is -0.486 e. The SMILES string of the molecule is Cc1cc(C(C)(C)C)cc(C)c1N1c2cccc3c2B(c2cc4c(cc2N3c2ccc(C(C)(C)C)cc2-c2ccccc2)OCCO4)c2oc3ccc(C(C)(C)C)cc3c21. The monoisotopic (exact) mass is 790 g/mol. The number of ether oxygens (including phenoxy) is 2. The van der Waals surface area contributed by atoms with Crippen molar-refractivity contribution < 1.29 is 13.9 Å². The zero-order chi connectivity index (χ0) is 42.0. The summed E-state index contributed by atoms with van der Waals surface area (Å²) >= 11 is 0. The molecule has 6 heteroatoms. The standard InChI is InChI=1S/C54H55BN2O3/c1-32-26-37(54(9,10)11)27-33(2)49(32)57-43-19-15-18-42-48(43)55(51-50(57)39-29-36(53(6,7)8)21-23-45(39)60-51)40-30-46-47(59-25-24-58-46)31-44(40)56(42)41-22-20-35(52(3,4)5)28-38(41)34-16-13-12-14-17-34/h12-23,26-31H,24-25H2,1-11H3. The minimum absolute atomic E-state index is 0.0101. The van der Waals surface area contributed by atoms with Crippen LogP contribution in [0.3, 0.4) is 0 Å². The fraction of sp³-hybridized carbons (Fsp3) is 0.296. The quantitative estimate of drug-likeness (QED) is 0.167. The Morgan fingerprint density at radius 2 is 1.12 bits per heavy atom. The summed E-state index contributed by atoms with van der Waals surface area (Å²) in [5, 5.41) is 1.12. The molecule has 4 heterocycles. The molecule has 5 nitrogen and oxygen atoms in total. The van der Waals surface area contributed by atoms with Gasteiger partial charge in [-0.05, 0) is 117 Å². The number of hydrogen-bond acceptors (Lipinski definition) is 5. The Morgan fingerprint density at radius 1 is 0.517 bits per heavy atom. The second-order valence-corrected chi connectivity index (χ2v) is 20.2. The zero-order valence-corrected chi connectivity index (χ0v) is 37.0. The Bertz CT molecular complexity index is 2850. The highest BCUT2D eigenvalue weighted by Gasteiger charge is 2.48. The van der Waals surface area contributed by atoms with Gasteiger partial charge in [-0.3, -0.25) is 0 Å². The maximum absolute atomic E-state index is 7.27. The number of furan rings is 1. The maximum Gasteiger partial charge on any atom is 0.297 e. The maximum atomic E-state index is 7.27. The van der Waals surface area contributed by atoms with Gasteiger partial charge in [0.05, 0.1) is 22.7 Å². The normalized spacial score (nSPS) is 14.6. The van der Waals surface area contributed by atoms with Crippen LogP contribution in [0.15, 0.2) is 114 Å². The van der Waals surface area contributed by atoms with Gasteiger partial charge in [-0.15, -0.1) is 0 Å². The molecule has 0 amide bonds. The van der Waals surface area contributed by atoms with Crippen molar-refractivity contribution >= 4 is 68.4 Å². The molecule has 1 aromatic heterocycles. The second-order valence-electron chi connectivity index (χ2n) is 20.2. The van der Waals surface area contributed by atoms with Gasteiger partial charge in [-0.1, -0.05) is 123 Å². The van der Waals surface area contributed by atoms with Crippen molar-refractivity contribution in [1.82, 2.24) is 0 Å². The van der Waals surface area contributed by atoms with Crippen LogP contribution < -0.4 is 35.9 Å². The molecule has 0 bridgehead atoms. The minimum atomic E-state index is -0.210. The third-order valence-electron chi connectivity index (χ3n) is 12.9. The van der Waals surface area contributed by atoms with Gasteiger partial charge in [0, 0.05) is 34.1 Å². The van der Waals surface area contributed by atoms with Crippen LogP contribution in [0.5, 0.6) is 11.5 Å². The Hall–Kier alpha value is -5.88. The van der Waals surface area contributed by atoms with E-state index in [2.05, 4.69) is 195 Å². The highest BCUT2D eigenvalue weighted by molar-refractivity contribution is 7.00. The predicted octanol–water partition coefficient (Wildman–Crippen LogP) is 12.5. The molecule has 6 aromatic carbocycles. The van der Waals surface area contributed by atoms with Crippen molar-refractivity contribution in [1.29, 1.82) is 0 Å². The summed E-state index contributed by atoms with van der Waals surface area (Å²) in [4.78, 5) is 5.01. The average molecular weight is 791 g/mol. The summed E-state index contributed by atoms with van der Waals surface area (Å²) in [6.45, 7) is 26.0. The summed E-state index contributed by atoms with van der Waals surface area (Å²) < 4.78 is 20.0. The lowest BCUT2D eigenvalue weighted by Crippen LogP contribution is -2.61. The molecule has 7 aromatic rings. The lowest BCUT2D eigenvalue weighted by Gasteiger charge is -2.44. The van der Waals surface area contributed by atoms with Gasteiger partial charge in [-0.2, -0.15) is 0 Å². The van der Waals surface area contributed by atoms with Crippen molar-refractivity contribution in [3.8, 4) is 22.6 Å². The summed E-state index contributed by atoms with van der Waals surface area (Å²) in [5.41, 5.74) is 19.6. The molecule has 0 fully saturated rings. The molecule has 3 aliphatic heterocycles. The van der Waals surface area contributed by atoms with E-state index >= 15 is 0 Å². The first-order chi connectivity index (χ1) is 28.5. The highest BCUT2D eigenvalue weighted by Crippen LogP contribution is 2.51. The summed E-state index contributed by atoms with van der Waals surface area (Å²) in [7, 11) is 0. The van der Waals surface area contributed by atoms with E-state index in [1.165, 1.54) is 50.1 Å². The van der Waals surface area contributed by atoms with E-state index in [0.29, 0.717) is 13.2 Å². The molecule has 60 heavy (non-hydrogen) atoms. The van der Waals surface area contributed by atoms with E-state index in [9.17, 15) is 0 Å². The van der Waals surface area contributed by atoms with Crippen molar-refractivity contribution in [3.05, 3.63) is 137 Å². The first-order valence-corrected chi connectivity index (χ1v) is 21.5. The Kier molecular flexibility index (Phi) is 8.51. The van der Waals surface area contributed by atoms with Crippen LogP contribution in [0, 0.1) is 13.8 Å². The molecule has 10 rings (SSSR count). The molecule has 0 spiro atoms. The van der Waals surface area contributed by atoms with Crippen molar-refractivity contribution in [2.24, 2.45) is 0 Å². The van der Waals surface area contributed by atoms with E-state index in [0.717, 1.165) is 62.0 Å². The molecule has 0 saturated carbocycles. The molecule has 3 aliphatic rings. The first kappa shape index (κ1) is 38.3. The van der Waals surface area contributed by atoms with Crippen molar-refractivity contribution in [3.63, 3.8) is 0 Å². The van der Waals surface area contributed by atoms with Crippen LogP contribution in [-0.2, 0) is 16.2 Å². The number of hydrogen-bond donors (Lipinski definition) is 0. The Balaban J connectivity index is 1.33.